The fraction of sp³-hybridized carbons (Fsp3) is 0.273. The first kappa shape index (κ1) is 14.1. The predicted molar refractivity (Wildman–Crippen MR) is 74.0 cm³/mol. The number of rotatable bonds is 5. The lowest BCUT2D eigenvalue weighted by Gasteiger charge is -2.06. The molecular formula is C11H14N6O2S. The molecule has 0 aromatic carbocycles. The molecular weight excluding hydrogens is 280 g/mol. The largest absolute Gasteiger partial charge is 0.409 e. The number of oxime groups is 1. The zero-order chi connectivity index (χ0) is 14.5. The molecule has 2 aromatic rings. The Labute approximate surface area is 118 Å². The molecule has 0 atom stereocenters. The maximum atomic E-state index is 11.6. The third-order valence-electron chi connectivity index (χ3n) is 2.51. The summed E-state index contributed by atoms with van der Waals surface area (Å²) in [6, 6.07) is 3.36. The highest BCUT2D eigenvalue weighted by atomic mass is 32.2. The van der Waals surface area contributed by atoms with Crippen molar-refractivity contribution in [2.24, 2.45) is 10.9 Å². The van der Waals surface area contributed by atoms with Crippen LogP contribution in [-0.4, -0.2) is 30.8 Å². The van der Waals surface area contributed by atoms with Gasteiger partial charge in [0.1, 0.15) is 5.03 Å². The van der Waals surface area contributed by atoms with Gasteiger partial charge in [0.05, 0.1) is 5.56 Å². The molecule has 106 valence electrons. The number of hydrogen-bond acceptors (Lipinski definition) is 6. The third-order valence-corrected chi connectivity index (χ3v) is 3.53. The number of aromatic amines is 1. The topological polar surface area (TPSA) is 122 Å². The van der Waals surface area contributed by atoms with Crippen LogP contribution in [0.2, 0.25) is 0 Å². The minimum atomic E-state index is -0.268. The van der Waals surface area contributed by atoms with Crippen LogP contribution < -0.4 is 11.4 Å². The van der Waals surface area contributed by atoms with E-state index in [1.807, 2.05) is 6.92 Å². The van der Waals surface area contributed by atoms with Crippen LogP contribution in [0.1, 0.15) is 18.9 Å². The number of nitrogens with two attached hydrogens (primary N) is 1. The van der Waals surface area contributed by atoms with Gasteiger partial charge in [-0.3, -0.25) is 4.57 Å². The van der Waals surface area contributed by atoms with Gasteiger partial charge in [-0.15, -0.1) is 5.10 Å². The first-order valence-electron chi connectivity index (χ1n) is 5.93. The molecule has 0 amide bonds. The summed E-state index contributed by atoms with van der Waals surface area (Å²) >= 11 is 1.18. The Hall–Kier alpha value is -2.29. The second-order valence-electron chi connectivity index (χ2n) is 3.91. The average molecular weight is 294 g/mol. The molecule has 4 N–H and O–H groups in total. The van der Waals surface area contributed by atoms with Crippen LogP contribution in [0.25, 0.3) is 0 Å². The maximum absolute atomic E-state index is 11.6. The highest BCUT2D eigenvalue weighted by Gasteiger charge is 2.14. The van der Waals surface area contributed by atoms with Gasteiger partial charge in [0.15, 0.2) is 11.0 Å². The molecule has 0 fully saturated rings. The van der Waals surface area contributed by atoms with Gasteiger partial charge in [-0.1, -0.05) is 12.1 Å². The molecule has 2 rings (SSSR count). The van der Waals surface area contributed by atoms with Crippen molar-refractivity contribution in [3.63, 3.8) is 0 Å². The van der Waals surface area contributed by atoms with E-state index in [-0.39, 0.29) is 11.5 Å². The van der Waals surface area contributed by atoms with E-state index in [1.165, 1.54) is 16.3 Å². The van der Waals surface area contributed by atoms with E-state index >= 15 is 0 Å². The van der Waals surface area contributed by atoms with Gasteiger partial charge in [-0.25, -0.2) is 14.9 Å². The minimum absolute atomic E-state index is 0.0412. The highest BCUT2D eigenvalue weighted by molar-refractivity contribution is 7.99. The van der Waals surface area contributed by atoms with Crippen molar-refractivity contribution in [1.82, 2.24) is 19.7 Å². The Kier molecular flexibility index (Phi) is 4.41. The van der Waals surface area contributed by atoms with E-state index in [0.717, 1.165) is 6.42 Å². The van der Waals surface area contributed by atoms with Gasteiger partial charge in [-0.2, -0.15) is 0 Å². The fourth-order valence-electron chi connectivity index (χ4n) is 1.61. The minimum Gasteiger partial charge on any atom is -0.409 e. The Morgan fingerprint density at radius 3 is 3.15 bits per heavy atom. The molecule has 0 saturated carbocycles. The maximum Gasteiger partial charge on any atom is 0.343 e. The summed E-state index contributed by atoms with van der Waals surface area (Å²) in [6.07, 6.45) is 2.40. The third kappa shape index (κ3) is 2.82. The van der Waals surface area contributed by atoms with Crippen molar-refractivity contribution in [2.45, 2.75) is 30.1 Å². The SMILES string of the molecule is CCCn1c(Sc2ncccc2C(N)=NO)n[nH]c1=O. The molecule has 0 aliphatic rings. The van der Waals surface area contributed by atoms with Crippen molar-refractivity contribution in [1.29, 1.82) is 0 Å². The van der Waals surface area contributed by atoms with Crippen LogP contribution in [0.5, 0.6) is 0 Å². The normalized spacial score (nSPS) is 11.8. The molecule has 2 heterocycles. The van der Waals surface area contributed by atoms with Crippen molar-refractivity contribution in [3.05, 3.63) is 34.4 Å². The van der Waals surface area contributed by atoms with Crippen molar-refractivity contribution < 1.29 is 5.21 Å². The van der Waals surface area contributed by atoms with Crippen molar-refractivity contribution in [3.8, 4) is 0 Å². The Balaban J connectivity index is 2.38. The number of amidine groups is 1. The molecule has 0 saturated heterocycles. The summed E-state index contributed by atoms with van der Waals surface area (Å²) in [6.45, 7) is 2.53. The molecule has 0 bridgehead atoms. The summed E-state index contributed by atoms with van der Waals surface area (Å²) in [5, 5.41) is 19.1. The van der Waals surface area contributed by atoms with Gasteiger partial charge in [0, 0.05) is 12.7 Å². The molecule has 0 aliphatic heterocycles. The van der Waals surface area contributed by atoms with E-state index < -0.39 is 0 Å². The second-order valence-corrected chi connectivity index (χ2v) is 4.86. The van der Waals surface area contributed by atoms with Crippen LogP contribution >= 0.6 is 11.8 Å². The molecule has 0 radical (unpaired) electrons. The zero-order valence-electron chi connectivity index (χ0n) is 10.8. The van der Waals surface area contributed by atoms with Crippen molar-refractivity contribution >= 4 is 17.6 Å². The lowest BCUT2D eigenvalue weighted by atomic mass is 10.3. The average Bonchev–Trinajstić information content (AvgIpc) is 2.80. The molecule has 20 heavy (non-hydrogen) atoms. The number of H-pyrrole nitrogens is 1. The van der Waals surface area contributed by atoms with E-state index in [2.05, 4.69) is 20.3 Å². The second kappa shape index (κ2) is 6.24. The quantitative estimate of drug-likeness (QED) is 0.321. The van der Waals surface area contributed by atoms with Gasteiger partial charge >= 0.3 is 5.69 Å². The summed E-state index contributed by atoms with van der Waals surface area (Å²) in [4.78, 5) is 15.8. The monoisotopic (exact) mass is 294 g/mol. The number of aromatic nitrogens is 4. The van der Waals surface area contributed by atoms with Crippen LogP contribution in [0.3, 0.4) is 0 Å². The highest BCUT2D eigenvalue weighted by Crippen LogP contribution is 2.26. The Bertz CT molecular complexity index is 678. The first-order valence-corrected chi connectivity index (χ1v) is 6.75. The van der Waals surface area contributed by atoms with Crippen LogP contribution in [0.4, 0.5) is 0 Å². The molecule has 0 unspecified atom stereocenters. The summed E-state index contributed by atoms with van der Waals surface area (Å²) in [5.74, 6) is -0.0412. The van der Waals surface area contributed by atoms with Gasteiger partial charge < -0.3 is 10.9 Å². The Morgan fingerprint density at radius 2 is 2.45 bits per heavy atom. The number of hydrogen-bond donors (Lipinski definition) is 3. The van der Waals surface area contributed by atoms with Crippen LogP contribution in [-0.2, 0) is 6.54 Å². The van der Waals surface area contributed by atoms with Crippen LogP contribution in [0, 0.1) is 0 Å². The smallest absolute Gasteiger partial charge is 0.343 e. The van der Waals surface area contributed by atoms with Gasteiger partial charge in [0.25, 0.3) is 0 Å². The standard InChI is InChI=1S/C11H14N6O2S/c1-2-6-17-10(18)14-15-11(17)20-9-7(8(12)16-19)4-3-5-13-9/h3-5,19H,2,6H2,1H3,(H2,12,16)(H,14,18). The first-order chi connectivity index (χ1) is 9.67. The molecule has 0 spiro atoms. The zero-order valence-corrected chi connectivity index (χ0v) is 11.6. The van der Waals surface area contributed by atoms with E-state index in [4.69, 9.17) is 10.9 Å². The van der Waals surface area contributed by atoms with Gasteiger partial charge in [-0.05, 0) is 30.3 Å². The van der Waals surface area contributed by atoms with E-state index in [0.29, 0.717) is 22.3 Å². The molecule has 0 aliphatic carbocycles. The molecule has 2 aromatic heterocycles. The van der Waals surface area contributed by atoms with Gasteiger partial charge in [0.2, 0.25) is 0 Å². The van der Waals surface area contributed by atoms with Crippen LogP contribution in [0.15, 0.2) is 38.5 Å². The lowest BCUT2D eigenvalue weighted by molar-refractivity contribution is 0.318. The lowest BCUT2D eigenvalue weighted by Crippen LogP contribution is -2.18. The predicted octanol–water partition coefficient (Wildman–Crippen LogP) is 0.622. The number of nitrogens with one attached hydrogen (secondary N) is 1. The van der Waals surface area contributed by atoms with E-state index in [9.17, 15) is 4.79 Å². The summed E-state index contributed by atoms with van der Waals surface area (Å²) in [7, 11) is 0. The number of pyridine rings is 1. The molecule has 8 nitrogen and oxygen atoms in total. The Morgan fingerprint density at radius 1 is 1.65 bits per heavy atom. The number of nitrogens with zero attached hydrogens (tertiary/aromatic N) is 4. The summed E-state index contributed by atoms with van der Waals surface area (Å²) in [5.41, 5.74) is 5.82. The van der Waals surface area contributed by atoms with Crippen molar-refractivity contribution in [2.75, 3.05) is 0 Å². The van der Waals surface area contributed by atoms with E-state index in [1.54, 1.807) is 18.3 Å². The molecule has 9 heteroatoms. The fourth-order valence-corrected chi connectivity index (χ4v) is 2.55. The summed E-state index contributed by atoms with van der Waals surface area (Å²) < 4.78 is 1.52.